The molecule has 3 aliphatic carbocycles. The fourth-order valence-corrected chi connectivity index (χ4v) is 4.44. The Kier molecular flexibility index (Phi) is 2.95. The maximum atomic E-state index is 14.0. The molecule has 21 heavy (non-hydrogen) atoms. The smallest absolute Gasteiger partial charge is 0.302 e. The van der Waals surface area contributed by atoms with Crippen LogP contribution in [0.2, 0.25) is 0 Å². The molecule has 0 aromatic carbocycles. The van der Waals surface area contributed by atoms with Crippen LogP contribution in [0.5, 0.6) is 0 Å². The molecule has 0 aliphatic heterocycles. The van der Waals surface area contributed by atoms with Crippen LogP contribution in [0.4, 0.5) is 17.6 Å². The zero-order valence-electron chi connectivity index (χ0n) is 11.7. The SMILES string of the molecule is CC(=O)OCC1C(F)(F)C12CCC1(CC2)C(CO)C1(F)F. The average molecular weight is 310 g/mol. The summed E-state index contributed by atoms with van der Waals surface area (Å²) in [5.41, 5.74) is -2.59. The molecule has 3 rings (SSSR count). The molecule has 2 atom stereocenters. The van der Waals surface area contributed by atoms with Crippen molar-refractivity contribution in [1.82, 2.24) is 0 Å². The monoisotopic (exact) mass is 310 g/mol. The highest BCUT2D eigenvalue weighted by Gasteiger charge is 2.86. The van der Waals surface area contributed by atoms with Crippen LogP contribution in [0.3, 0.4) is 0 Å². The van der Waals surface area contributed by atoms with E-state index in [0.717, 1.165) is 6.92 Å². The van der Waals surface area contributed by atoms with E-state index in [1.54, 1.807) is 0 Å². The van der Waals surface area contributed by atoms with Gasteiger partial charge in [0, 0.05) is 17.8 Å². The summed E-state index contributed by atoms with van der Waals surface area (Å²) in [5.74, 6) is -8.68. The van der Waals surface area contributed by atoms with E-state index < -0.39 is 47.1 Å². The summed E-state index contributed by atoms with van der Waals surface area (Å²) < 4.78 is 60.2. The van der Waals surface area contributed by atoms with Crippen LogP contribution in [-0.2, 0) is 9.53 Å². The lowest BCUT2D eigenvalue weighted by Crippen LogP contribution is -2.26. The Morgan fingerprint density at radius 1 is 1.05 bits per heavy atom. The van der Waals surface area contributed by atoms with Crippen molar-refractivity contribution in [1.29, 1.82) is 0 Å². The van der Waals surface area contributed by atoms with Crippen molar-refractivity contribution in [2.75, 3.05) is 13.2 Å². The first kappa shape index (κ1) is 15.1. The molecule has 1 N–H and O–H groups in total. The van der Waals surface area contributed by atoms with Crippen molar-refractivity contribution in [3.05, 3.63) is 0 Å². The van der Waals surface area contributed by atoms with Gasteiger partial charge in [-0.3, -0.25) is 4.79 Å². The molecule has 3 fully saturated rings. The third kappa shape index (κ3) is 1.67. The maximum absolute atomic E-state index is 14.0. The summed E-state index contributed by atoms with van der Waals surface area (Å²) in [5, 5.41) is 9.02. The van der Waals surface area contributed by atoms with E-state index >= 15 is 0 Å². The lowest BCUT2D eigenvalue weighted by Gasteiger charge is -2.29. The van der Waals surface area contributed by atoms with E-state index in [4.69, 9.17) is 5.11 Å². The van der Waals surface area contributed by atoms with Crippen molar-refractivity contribution < 1.29 is 32.2 Å². The van der Waals surface area contributed by atoms with Gasteiger partial charge in [0.15, 0.2) is 0 Å². The summed E-state index contributed by atoms with van der Waals surface area (Å²) in [7, 11) is 0. The average Bonchev–Trinajstić information content (AvgIpc) is 3.05. The molecule has 120 valence electrons. The first-order chi connectivity index (χ1) is 9.66. The van der Waals surface area contributed by atoms with Crippen molar-refractivity contribution in [3.63, 3.8) is 0 Å². The van der Waals surface area contributed by atoms with Crippen molar-refractivity contribution in [2.45, 2.75) is 44.5 Å². The summed E-state index contributed by atoms with van der Waals surface area (Å²) in [6.07, 6.45) is -0.00911. The minimum Gasteiger partial charge on any atom is -0.465 e. The topological polar surface area (TPSA) is 46.5 Å². The number of carbonyl (C=O) groups is 1. The van der Waals surface area contributed by atoms with E-state index in [1.165, 1.54) is 0 Å². The molecule has 0 saturated heterocycles. The van der Waals surface area contributed by atoms with Crippen LogP contribution >= 0.6 is 0 Å². The van der Waals surface area contributed by atoms with E-state index in [9.17, 15) is 22.4 Å². The van der Waals surface area contributed by atoms with Crippen LogP contribution < -0.4 is 0 Å². The maximum Gasteiger partial charge on any atom is 0.302 e. The van der Waals surface area contributed by atoms with Gasteiger partial charge in [0.2, 0.25) is 0 Å². The van der Waals surface area contributed by atoms with E-state index in [2.05, 4.69) is 4.74 Å². The second-order valence-corrected chi connectivity index (χ2v) is 6.65. The van der Waals surface area contributed by atoms with Gasteiger partial charge in [0.05, 0.1) is 18.4 Å². The number of carbonyl (C=O) groups excluding carboxylic acids is 1. The molecule has 0 heterocycles. The van der Waals surface area contributed by atoms with Crippen LogP contribution in [0.1, 0.15) is 32.6 Å². The predicted molar refractivity (Wildman–Crippen MR) is 63.9 cm³/mol. The number of ether oxygens (including phenoxy) is 1. The minimum atomic E-state index is -2.96. The fraction of sp³-hybridized carbons (Fsp3) is 0.929. The standard InChI is InChI=1S/C14H18F4O3/c1-8(20)21-7-10-12(14(10,17)18)4-2-11(3-5-12)9(6-19)13(11,15)16/h9-10,19H,2-7H2,1H3. The third-order valence-corrected chi connectivity index (χ3v) is 6.04. The molecule has 0 aromatic rings. The zero-order chi connectivity index (χ0) is 15.7. The number of aliphatic hydroxyl groups excluding tert-OH is 1. The van der Waals surface area contributed by atoms with Gasteiger partial charge < -0.3 is 9.84 Å². The normalized spacial score (nSPS) is 45.6. The number of alkyl halides is 4. The van der Waals surface area contributed by atoms with E-state index in [0.29, 0.717) is 0 Å². The molecule has 0 radical (unpaired) electrons. The third-order valence-electron chi connectivity index (χ3n) is 6.04. The molecule has 0 aromatic heterocycles. The number of hydrogen-bond donors (Lipinski definition) is 1. The van der Waals surface area contributed by atoms with Crippen LogP contribution in [0.25, 0.3) is 0 Å². The molecule has 3 saturated carbocycles. The summed E-state index contributed by atoms with van der Waals surface area (Å²) in [6.45, 7) is 0.197. The largest absolute Gasteiger partial charge is 0.465 e. The van der Waals surface area contributed by atoms with Gasteiger partial charge in [-0.25, -0.2) is 17.6 Å². The summed E-state index contributed by atoms with van der Waals surface area (Å²) in [4.78, 5) is 10.7. The second kappa shape index (κ2) is 4.12. The quantitative estimate of drug-likeness (QED) is 0.644. The number of esters is 1. The van der Waals surface area contributed by atoms with Crippen molar-refractivity contribution in [3.8, 4) is 0 Å². The molecule has 2 spiro atoms. The number of aliphatic hydroxyl groups is 1. The Bertz CT molecular complexity index is 469. The Morgan fingerprint density at radius 3 is 1.86 bits per heavy atom. The van der Waals surface area contributed by atoms with Crippen LogP contribution in [0, 0.1) is 22.7 Å². The lowest BCUT2D eigenvalue weighted by molar-refractivity contribution is -0.142. The van der Waals surface area contributed by atoms with Gasteiger partial charge in [-0.1, -0.05) is 0 Å². The first-order valence-corrected chi connectivity index (χ1v) is 7.15. The van der Waals surface area contributed by atoms with Gasteiger partial charge in [0.25, 0.3) is 11.8 Å². The Morgan fingerprint density at radius 2 is 1.48 bits per heavy atom. The van der Waals surface area contributed by atoms with Crippen LogP contribution in [0.15, 0.2) is 0 Å². The van der Waals surface area contributed by atoms with Crippen LogP contribution in [-0.4, -0.2) is 36.1 Å². The second-order valence-electron chi connectivity index (χ2n) is 6.65. The highest BCUT2D eigenvalue weighted by molar-refractivity contribution is 5.66. The van der Waals surface area contributed by atoms with Gasteiger partial charge >= 0.3 is 5.97 Å². The van der Waals surface area contributed by atoms with Gasteiger partial charge in [0.1, 0.15) is 6.61 Å². The molecule has 7 heteroatoms. The van der Waals surface area contributed by atoms with Gasteiger partial charge in [-0.2, -0.15) is 0 Å². The lowest BCUT2D eigenvalue weighted by atomic mass is 9.75. The molecule has 3 nitrogen and oxygen atoms in total. The van der Waals surface area contributed by atoms with Crippen molar-refractivity contribution in [2.24, 2.45) is 22.7 Å². The Labute approximate surface area is 119 Å². The van der Waals surface area contributed by atoms with E-state index in [1.807, 2.05) is 0 Å². The Balaban J connectivity index is 1.68. The van der Waals surface area contributed by atoms with Gasteiger partial charge in [-0.15, -0.1) is 0 Å². The zero-order valence-corrected chi connectivity index (χ0v) is 11.7. The number of halogens is 4. The highest BCUT2D eigenvalue weighted by atomic mass is 19.3. The van der Waals surface area contributed by atoms with Crippen molar-refractivity contribution >= 4 is 5.97 Å². The van der Waals surface area contributed by atoms with E-state index in [-0.39, 0.29) is 32.3 Å². The molecule has 2 unspecified atom stereocenters. The van der Waals surface area contributed by atoms with Gasteiger partial charge in [-0.05, 0) is 25.7 Å². The Hall–Kier alpha value is -0.850. The highest BCUT2D eigenvalue weighted by Crippen LogP contribution is 2.80. The minimum absolute atomic E-state index is 0.00196. The predicted octanol–water partition coefficient (Wildman–Crippen LogP) is 2.62. The number of rotatable bonds is 3. The first-order valence-electron chi connectivity index (χ1n) is 7.15. The molecular weight excluding hydrogens is 292 g/mol. The molecule has 0 amide bonds. The summed E-state index contributed by atoms with van der Waals surface area (Å²) >= 11 is 0. The number of hydrogen-bond acceptors (Lipinski definition) is 3. The molecule has 0 bridgehead atoms. The molecule has 3 aliphatic rings. The fourth-order valence-electron chi connectivity index (χ4n) is 4.44. The summed E-state index contributed by atoms with van der Waals surface area (Å²) in [6, 6.07) is 0. The molecular formula is C14H18F4O3.